The van der Waals surface area contributed by atoms with E-state index in [1.54, 1.807) is 14.2 Å². The molecule has 0 radical (unpaired) electrons. The number of ether oxygens (including phenoxy) is 2. The summed E-state index contributed by atoms with van der Waals surface area (Å²) >= 11 is 0. The highest BCUT2D eigenvalue weighted by molar-refractivity contribution is 5.38. The van der Waals surface area contributed by atoms with Crippen LogP contribution in [0.5, 0.6) is 11.5 Å². The predicted octanol–water partition coefficient (Wildman–Crippen LogP) is 1.95. The van der Waals surface area contributed by atoms with Crippen LogP contribution in [-0.2, 0) is 6.54 Å². The van der Waals surface area contributed by atoms with Crippen LogP contribution in [0.25, 0.3) is 0 Å². The Kier molecular flexibility index (Phi) is 4.32. The Morgan fingerprint density at radius 3 is 2.21 bits per heavy atom. The van der Waals surface area contributed by atoms with Crippen molar-refractivity contribution in [1.82, 2.24) is 5.32 Å². The third-order valence-corrected chi connectivity index (χ3v) is 3.91. The maximum atomic E-state index is 9.56. The first-order chi connectivity index (χ1) is 9.11. The van der Waals surface area contributed by atoms with Crippen LogP contribution in [0.2, 0.25) is 0 Å². The van der Waals surface area contributed by atoms with E-state index in [1.807, 2.05) is 18.2 Å². The molecule has 1 atom stereocenters. The van der Waals surface area contributed by atoms with Crippen LogP contribution in [0.3, 0.4) is 0 Å². The Morgan fingerprint density at radius 2 is 1.79 bits per heavy atom. The summed E-state index contributed by atoms with van der Waals surface area (Å²) in [5, 5.41) is 13.0. The van der Waals surface area contributed by atoms with Crippen LogP contribution in [-0.4, -0.2) is 31.5 Å². The molecule has 19 heavy (non-hydrogen) atoms. The number of methoxy groups -OCH3 is 2. The Hall–Kier alpha value is -1.26. The van der Waals surface area contributed by atoms with E-state index in [0.29, 0.717) is 12.5 Å². The molecule has 0 bridgehead atoms. The van der Waals surface area contributed by atoms with Crippen molar-refractivity contribution in [2.75, 3.05) is 20.8 Å². The van der Waals surface area contributed by atoms with Crippen molar-refractivity contribution < 1.29 is 14.6 Å². The monoisotopic (exact) mass is 265 g/mol. The number of hydrogen-bond donors (Lipinski definition) is 2. The summed E-state index contributed by atoms with van der Waals surface area (Å²) < 4.78 is 10.5. The quantitative estimate of drug-likeness (QED) is 0.791. The van der Waals surface area contributed by atoms with Gasteiger partial charge in [-0.3, -0.25) is 0 Å². The second-order valence-corrected chi connectivity index (χ2v) is 5.42. The van der Waals surface area contributed by atoms with Crippen molar-refractivity contribution in [3.8, 4) is 11.5 Å². The first kappa shape index (κ1) is 14.2. The second-order valence-electron chi connectivity index (χ2n) is 5.42. The molecule has 0 spiro atoms. The number of benzene rings is 1. The predicted molar refractivity (Wildman–Crippen MR) is 74.6 cm³/mol. The summed E-state index contributed by atoms with van der Waals surface area (Å²) in [5.74, 6) is 2.16. The molecular formula is C15H23NO3. The molecule has 1 aliphatic carbocycles. The molecular weight excluding hydrogens is 242 g/mol. The summed E-state index contributed by atoms with van der Waals surface area (Å²) in [5.41, 5.74) is 0.910. The Morgan fingerprint density at radius 1 is 1.21 bits per heavy atom. The van der Waals surface area contributed by atoms with Crippen LogP contribution in [0.15, 0.2) is 18.2 Å². The summed E-state index contributed by atoms with van der Waals surface area (Å²) in [6.07, 6.45) is 2.40. The minimum Gasteiger partial charge on any atom is -0.497 e. The standard InChI is InChI=1S/C15H23NO3/c1-15(10-17,12-4-5-12)16-9-11-6-13(18-2)8-14(7-11)19-3/h6-8,12,16-17H,4-5,9-10H2,1-3H3. The van der Waals surface area contributed by atoms with E-state index in [4.69, 9.17) is 9.47 Å². The molecule has 0 amide bonds. The largest absolute Gasteiger partial charge is 0.497 e. The molecule has 106 valence electrons. The van der Waals surface area contributed by atoms with Gasteiger partial charge in [-0.25, -0.2) is 0 Å². The molecule has 1 saturated carbocycles. The highest BCUT2D eigenvalue weighted by atomic mass is 16.5. The zero-order valence-corrected chi connectivity index (χ0v) is 11.9. The van der Waals surface area contributed by atoms with Crippen LogP contribution < -0.4 is 14.8 Å². The lowest BCUT2D eigenvalue weighted by atomic mass is 9.96. The van der Waals surface area contributed by atoms with E-state index < -0.39 is 0 Å². The topological polar surface area (TPSA) is 50.7 Å². The first-order valence-electron chi connectivity index (χ1n) is 6.69. The smallest absolute Gasteiger partial charge is 0.122 e. The fourth-order valence-corrected chi connectivity index (χ4v) is 2.32. The molecule has 0 saturated heterocycles. The third-order valence-electron chi connectivity index (χ3n) is 3.91. The van der Waals surface area contributed by atoms with E-state index in [0.717, 1.165) is 17.1 Å². The SMILES string of the molecule is COc1cc(CNC(C)(CO)C2CC2)cc(OC)c1. The van der Waals surface area contributed by atoms with Gasteiger partial charge in [0.2, 0.25) is 0 Å². The molecule has 1 fully saturated rings. The van der Waals surface area contributed by atoms with E-state index in [1.165, 1.54) is 12.8 Å². The van der Waals surface area contributed by atoms with E-state index in [2.05, 4.69) is 12.2 Å². The lowest BCUT2D eigenvalue weighted by Crippen LogP contribution is -2.47. The van der Waals surface area contributed by atoms with Crippen molar-refractivity contribution in [2.24, 2.45) is 5.92 Å². The van der Waals surface area contributed by atoms with Crippen molar-refractivity contribution in [3.05, 3.63) is 23.8 Å². The molecule has 1 unspecified atom stereocenters. The van der Waals surface area contributed by atoms with E-state index in [-0.39, 0.29) is 12.1 Å². The second kappa shape index (κ2) is 5.80. The van der Waals surface area contributed by atoms with Crippen LogP contribution in [0.4, 0.5) is 0 Å². The highest BCUT2D eigenvalue weighted by Gasteiger charge is 2.40. The molecule has 1 aromatic rings. The van der Waals surface area contributed by atoms with Gasteiger partial charge in [-0.2, -0.15) is 0 Å². The third kappa shape index (κ3) is 3.39. The van der Waals surface area contributed by atoms with Gasteiger partial charge in [0.15, 0.2) is 0 Å². The summed E-state index contributed by atoms with van der Waals surface area (Å²) in [4.78, 5) is 0. The van der Waals surface area contributed by atoms with E-state index >= 15 is 0 Å². The number of rotatable bonds is 7. The van der Waals surface area contributed by atoms with Gasteiger partial charge >= 0.3 is 0 Å². The lowest BCUT2D eigenvalue weighted by Gasteiger charge is -2.29. The van der Waals surface area contributed by atoms with Gasteiger partial charge in [0.1, 0.15) is 11.5 Å². The van der Waals surface area contributed by atoms with Gasteiger partial charge in [0.05, 0.1) is 20.8 Å². The van der Waals surface area contributed by atoms with Crippen molar-refractivity contribution >= 4 is 0 Å². The van der Waals surface area contributed by atoms with Gasteiger partial charge in [-0.15, -0.1) is 0 Å². The number of hydrogen-bond acceptors (Lipinski definition) is 4. The van der Waals surface area contributed by atoms with Gasteiger partial charge in [0.25, 0.3) is 0 Å². The maximum absolute atomic E-state index is 9.56. The van der Waals surface area contributed by atoms with Crippen LogP contribution in [0, 0.1) is 5.92 Å². The molecule has 2 N–H and O–H groups in total. The number of aliphatic hydroxyl groups is 1. The minimum atomic E-state index is -0.184. The fourth-order valence-electron chi connectivity index (χ4n) is 2.32. The molecule has 1 aromatic carbocycles. The van der Waals surface area contributed by atoms with Gasteiger partial charge in [0, 0.05) is 18.2 Å². The first-order valence-corrected chi connectivity index (χ1v) is 6.69. The van der Waals surface area contributed by atoms with Crippen LogP contribution in [0.1, 0.15) is 25.3 Å². The molecule has 0 aliphatic heterocycles. The van der Waals surface area contributed by atoms with Crippen LogP contribution >= 0.6 is 0 Å². The molecule has 0 heterocycles. The Labute approximate surface area is 114 Å². The van der Waals surface area contributed by atoms with Crippen molar-refractivity contribution in [2.45, 2.75) is 31.8 Å². The van der Waals surface area contributed by atoms with Gasteiger partial charge < -0.3 is 19.9 Å². The Balaban J connectivity index is 2.05. The van der Waals surface area contributed by atoms with Crippen molar-refractivity contribution in [1.29, 1.82) is 0 Å². The molecule has 4 nitrogen and oxygen atoms in total. The number of aliphatic hydroxyl groups excluding tert-OH is 1. The molecule has 2 rings (SSSR count). The lowest BCUT2D eigenvalue weighted by molar-refractivity contribution is 0.153. The molecule has 0 aromatic heterocycles. The van der Waals surface area contributed by atoms with E-state index in [9.17, 15) is 5.11 Å². The Bertz CT molecular complexity index is 409. The van der Waals surface area contributed by atoms with Gasteiger partial charge in [-0.1, -0.05) is 0 Å². The number of nitrogens with one attached hydrogen (secondary N) is 1. The maximum Gasteiger partial charge on any atom is 0.122 e. The normalized spacial score (nSPS) is 17.9. The summed E-state index contributed by atoms with van der Waals surface area (Å²) in [6.45, 7) is 2.95. The summed E-state index contributed by atoms with van der Waals surface area (Å²) in [6, 6.07) is 5.83. The minimum absolute atomic E-state index is 0.165. The zero-order valence-electron chi connectivity index (χ0n) is 11.9. The fraction of sp³-hybridized carbons (Fsp3) is 0.600. The zero-order chi connectivity index (χ0) is 13.9. The molecule has 1 aliphatic rings. The summed E-state index contributed by atoms with van der Waals surface area (Å²) in [7, 11) is 3.29. The highest BCUT2D eigenvalue weighted by Crippen LogP contribution is 2.39. The van der Waals surface area contributed by atoms with Crippen molar-refractivity contribution in [3.63, 3.8) is 0 Å². The average Bonchev–Trinajstić information content (AvgIpc) is 3.29. The van der Waals surface area contributed by atoms with Gasteiger partial charge in [-0.05, 0) is 43.4 Å². The molecule has 4 heteroatoms. The average molecular weight is 265 g/mol.